The molecule has 2 atom stereocenters. The van der Waals surface area contributed by atoms with Crippen molar-refractivity contribution in [2.75, 3.05) is 26.2 Å². The van der Waals surface area contributed by atoms with E-state index in [1.165, 1.54) is 11.1 Å². The minimum absolute atomic E-state index is 0.0356. The average Bonchev–Trinajstić information content (AvgIpc) is 2.84. The lowest BCUT2D eigenvalue weighted by Gasteiger charge is -2.40. The van der Waals surface area contributed by atoms with Crippen LogP contribution in [0.2, 0.25) is 0 Å². The SMILES string of the molecule is CCc1ccc(C(C)NC(=O)CN2CCc3ccccc3C2C(=O)N2CCC(C)CC2)cc1. The van der Waals surface area contributed by atoms with E-state index in [1.54, 1.807) is 0 Å². The maximum absolute atomic E-state index is 13.7. The van der Waals surface area contributed by atoms with Crippen molar-refractivity contribution < 1.29 is 9.59 Å². The topological polar surface area (TPSA) is 52.7 Å². The summed E-state index contributed by atoms with van der Waals surface area (Å²) in [4.78, 5) is 30.8. The smallest absolute Gasteiger partial charge is 0.244 e. The second-order valence-corrected chi connectivity index (χ2v) is 9.71. The molecule has 0 spiro atoms. The van der Waals surface area contributed by atoms with Crippen molar-refractivity contribution in [3.63, 3.8) is 0 Å². The van der Waals surface area contributed by atoms with E-state index in [-0.39, 0.29) is 30.4 Å². The van der Waals surface area contributed by atoms with Crippen LogP contribution in [0.4, 0.5) is 0 Å². The van der Waals surface area contributed by atoms with Crippen molar-refractivity contribution >= 4 is 11.8 Å². The molecule has 1 fully saturated rings. The van der Waals surface area contributed by atoms with Crippen LogP contribution < -0.4 is 5.32 Å². The van der Waals surface area contributed by atoms with Gasteiger partial charge in [-0.25, -0.2) is 0 Å². The van der Waals surface area contributed by atoms with Crippen molar-refractivity contribution in [1.82, 2.24) is 15.1 Å². The number of nitrogens with one attached hydrogen (secondary N) is 1. The highest BCUT2D eigenvalue weighted by Gasteiger charge is 2.37. The molecule has 0 aromatic heterocycles. The fourth-order valence-corrected chi connectivity index (χ4v) is 5.08. The van der Waals surface area contributed by atoms with Gasteiger partial charge >= 0.3 is 0 Å². The summed E-state index contributed by atoms with van der Waals surface area (Å²) in [6.07, 6.45) is 3.96. The number of fused-ring (bicyclic) bond motifs is 1. The predicted molar refractivity (Wildman–Crippen MR) is 132 cm³/mol. The van der Waals surface area contributed by atoms with Gasteiger partial charge < -0.3 is 10.2 Å². The lowest BCUT2D eigenvalue weighted by Crippen LogP contribution is -2.50. The molecule has 0 saturated carbocycles. The highest BCUT2D eigenvalue weighted by atomic mass is 16.2. The Morgan fingerprint density at radius 3 is 2.42 bits per heavy atom. The first-order valence-electron chi connectivity index (χ1n) is 12.4. The molecule has 5 nitrogen and oxygen atoms in total. The van der Waals surface area contributed by atoms with Crippen molar-refractivity contribution in [3.8, 4) is 0 Å². The number of hydrogen-bond donors (Lipinski definition) is 1. The third-order valence-corrected chi connectivity index (χ3v) is 7.32. The molecule has 33 heavy (non-hydrogen) atoms. The zero-order valence-corrected chi connectivity index (χ0v) is 20.2. The summed E-state index contributed by atoms with van der Waals surface area (Å²) in [6, 6.07) is 16.2. The molecule has 5 heteroatoms. The summed E-state index contributed by atoms with van der Waals surface area (Å²) in [5, 5.41) is 3.14. The fourth-order valence-electron chi connectivity index (χ4n) is 5.08. The second kappa shape index (κ2) is 10.5. The van der Waals surface area contributed by atoms with Gasteiger partial charge in [-0.1, -0.05) is 62.4 Å². The fraction of sp³-hybridized carbons (Fsp3) is 0.500. The van der Waals surface area contributed by atoms with Gasteiger partial charge in [0.2, 0.25) is 11.8 Å². The van der Waals surface area contributed by atoms with Crippen molar-refractivity contribution in [2.45, 2.75) is 58.5 Å². The van der Waals surface area contributed by atoms with Crippen LogP contribution in [0.15, 0.2) is 48.5 Å². The number of carbonyl (C=O) groups excluding carboxylic acids is 2. The minimum atomic E-state index is -0.381. The van der Waals surface area contributed by atoms with E-state index in [9.17, 15) is 9.59 Å². The Labute approximate surface area is 198 Å². The van der Waals surface area contributed by atoms with Crippen LogP contribution in [0.1, 0.15) is 68.0 Å². The van der Waals surface area contributed by atoms with Gasteiger partial charge in [0, 0.05) is 19.6 Å². The van der Waals surface area contributed by atoms with Gasteiger partial charge in [-0.2, -0.15) is 0 Å². The Kier molecular flexibility index (Phi) is 7.49. The minimum Gasteiger partial charge on any atom is -0.348 e. The first-order chi connectivity index (χ1) is 16.0. The molecular formula is C28H37N3O2. The van der Waals surface area contributed by atoms with Crippen LogP contribution in [0.5, 0.6) is 0 Å². The Hall–Kier alpha value is -2.66. The monoisotopic (exact) mass is 447 g/mol. The molecule has 2 aromatic carbocycles. The molecule has 2 heterocycles. The molecule has 2 aliphatic rings. The number of benzene rings is 2. The normalized spacial score (nSPS) is 20.2. The molecule has 0 bridgehead atoms. The van der Waals surface area contributed by atoms with Crippen molar-refractivity contribution in [2.24, 2.45) is 5.92 Å². The molecule has 0 radical (unpaired) electrons. The molecule has 1 saturated heterocycles. The van der Waals surface area contributed by atoms with Gasteiger partial charge in [-0.15, -0.1) is 0 Å². The van der Waals surface area contributed by atoms with Crippen LogP contribution in [0.3, 0.4) is 0 Å². The Balaban J connectivity index is 1.47. The lowest BCUT2D eigenvalue weighted by molar-refractivity contribution is -0.140. The Morgan fingerprint density at radius 2 is 1.73 bits per heavy atom. The number of piperidine rings is 1. The molecule has 2 unspecified atom stereocenters. The van der Waals surface area contributed by atoms with Crippen LogP contribution >= 0.6 is 0 Å². The molecule has 176 valence electrons. The maximum atomic E-state index is 13.7. The number of aryl methyl sites for hydroxylation is 1. The van der Waals surface area contributed by atoms with E-state index in [0.29, 0.717) is 12.5 Å². The Bertz CT molecular complexity index is 963. The number of hydrogen-bond acceptors (Lipinski definition) is 3. The van der Waals surface area contributed by atoms with Gasteiger partial charge in [0.05, 0.1) is 12.6 Å². The van der Waals surface area contributed by atoms with Gasteiger partial charge in [-0.05, 0) is 60.8 Å². The summed E-state index contributed by atoms with van der Waals surface area (Å²) >= 11 is 0. The van der Waals surface area contributed by atoms with Crippen molar-refractivity contribution in [1.29, 1.82) is 0 Å². The summed E-state index contributed by atoms with van der Waals surface area (Å²) in [6.45, 7) is 8.97. The highest BCUT2D eigenvalue weighted by molar-refractivity contribution is 5.86. The van der Waals surface area contributed by atoms with E-state index in [1.807, 2.05) is 24.0 Å². The van der Waals surface area contributed by atoms with Gasteiger partial charge in [0.25, 0.3) is 0 Å². The largest absolute Gasteiger partial charge is 0.348 e. The molecule has 2 aromatic rings. The number of likely N-dealkylation sites (tertiary alicyclic amines) is 1. The standard InChI is InChI=1S/C28H37N3O2/c1-4-22-9-11-23(12-10-22)21(3)29-26(32)19-31-18-15-24-7-5-6-8-25(24)27(31)28(33)30-16-13-20(2)14-17-30/h5-12,20-21,27H,4,13-19H2,1-3H3,(H,29,32). The quantitative estimate of drug-likeness (QED) is 0.719. The first-order valence-corrected chi connectivity index (χ1v) is 12.4. The molecule has 0 aliphatic carbocycles. The summed E-state index contributed by atoms with van der Waals surface area (Å²) in [5.41, 5.74) is 4.67. The van der Waals surface area contributed by atoms with E-state index in [2.05, 4.69) is 60.5 Å². The molecular weight excluding hydrogens is 410 g/mol. The number of rotatable bonds is 6. The zero-order chi connectivity index (χ0) is 23.4. The number of nitrogens with zero attached hydrogens (tertiary/aromatic N) is 2. The second-order valence-electron chi connectivity index (χ2n) is 9.71. The third-order valence-electron chi connectivity index (χ3n) is 7.32. The molecule has 2 amide bonds. The predicted octanol–water partition coefficient (Wildman–Crippen LogP) is 4.28. The van der Waals surface area contributed by atoms with Crippen LogP contribution in [-0.4, -0.2) is 47.8 Å². The lowest BCUT2D eigenvalue weighted by atomic mass is 9.90. The Morgan fingerprint density at radius 1 is 1.03 bits per heavy atom. The van der Waals surface area contributed by atoms with Gasteiger partial charge in [0.15, 0.2) is 0 Å². The number of amides is 2. The summed E-state index contributed by atoms with van der Waals surface area (Å²) in [7, 11) is 0. The third kappa shape index (κ3) is 5.47. The van der Waals surface area contributed by atoms with E-state index < -0.39 is 0 Å². The van der Waals surface area contributed by atoms with E-state index >= 15 is 0 Å². The van der Waals surface area contributed by atoms with Gasteiger partial charge in [-0.3, -0.25) is 14.5 Å². The summed E-state index contributed by atoms with van der Waals surface area (Å²) < 4.78 is 0. The molecule has 4 rings (SSSR count). The molecule has 2 aliphatic heterocycles. The van der Waals surface area contributed by atoms with Crippen LogP contribution in [0, 0.1) is 5.92 Å². The van der Waals surface area contributed by atoms with E-state index in [4.69, 9.17) is 0 Å². The van der Waals surface area contributed by atoms with E-state index in [0.717, 1.165) is 49.9 Å². The highest BCUT2D eigenvalue weighted by Crippen LogP contribution is 2.32. The zero-order valence-electron chi connectivity index (χ0n) is 20.2. The molecule has 1 N–H and O–H groups in total. The van der Waals surface area contributed by atoms with Crippen molar-refractivity contribution in [3.05, 3.63) is 70.8 Å². The average molecular weight is 448 g/mol. The number of carbonyl (C=O) groups is 2. The van der Waals surface area contributed by atoms with Crippen LogP contribution in [-0.2, 0) is 22.4 Å². The van der Waals surface area contributed by atoms with Crippen LogP contribution in [0.25, 0.3) is 0 Å². The maximum Gasteiger partial charge on any atom is 0.244 e. The van der Waals surface area contributed by atoms with Gasteiger partial charge in [0.1, 0.15) is 6.04 Å². The summed E-state index contributed by atoms with van der Waals surface area (Å²) in [5.74, 6) is 0.777. The first kappa shape index (κ1) is 23.5.